The zero-order valence-electron chi connectivity index (χ0n) is 16.7. The second-order valence-electron chi connectivity index (χ2n) is 6.53. The van der Waals surface area contributed by atoms with Gasteiger partial charge in [-0.3, -0.25) is 0 Å². The number of hydrogen-bond donors (Lipinski definition) is 2. The Morgan fingerprint density at radius 3 is 2.24 bits per heavy atom. The third kappa shape index (κ3) is 7.76. The molecule has 2 amide bonds. The SMILES string of the molecule is O=C(NN=C(C=Cc1ccc(F)cc1)c1cccc(F)c1)Nc1ccc(OC(F)(F)F)cc1. The Morgan fingerprint density at radius 2 is 1.61 bits per heavy atom. The minimum atomic E-state index is -4.82. The first-order valence-corrected chi connectivity index (χ1v) is 9.38. The lowest BCUT2D eigenvalue weighted by molar-refractivity contribution is -0.274. The number of ether oxygens (including phenoxy) is 1. The second kappa shape index (κ2) is 10.4. The second-order valence-corrected chi connectivity index (χ2v) is 6.53. The minimum absolute atomic E-state index is 0.186. The van der Waals surface area contributed by atoms with Crippen LogP contribution in [0.5, 0.6) is 5.75 Å². The highest BCUT2D eigenvalue weighted by Crippen LogP contribution is 2.23. The van der Waals surface area contributed by atoms with Gasteiger partial charge in [-0.05, 0) is 60.2 Å². The number of alkyl halides is 3. The van der Waals surface area contributed by atoms with Gasteiger partial charge >= 0.3 is 12.4 Å². The molecule has 0 saturated carbocycles. The van der Waals surface area contributed by atoms with E-state index in [0.29, 0.717) is 11.1 Å². The number of hydrogen-bond acceptors (Lipinski definition) is 3. The molecule has 0 saturated heterocycles. The smallest absolute Gasteiger partial charge is 0.406 e. The molecule has 0 aliphatic carbocycles. The normalized spacial score (nSPS) is 12.0. The Morgan fingerprint density at radius 1 is 0.909 bits per heavy atom. The van der Waals surface area contributed by atoms with E-state index in [1.807, 2.05) is 0 Å². The number of carbonyl (C=O) groups is 1. The molecule has 0 aromatic heterocycles. The van der Waals surface area contributed by atoms with Crippen LogP contribution in [0.4, 0.5) is 32.4 Å². The molecule has 3 rings (SSSR count). The van der Waals surface area contributed by atoms with Gasteiger partial charge in [-0.2, -0.15) is 5.10 Å². The molecular formula is C23H16F5N3O2. The summed E-state index contributed by atoms with van der Waals surface area (Å²) in [6, 6.07) is 14.8. The van der Waals surface area contributed by atoms with Gasteiger partial charge in [0.15, 0.2) is 0 Å². The van der Waals surface area contributed by atoms with Gasteiger partial charge in [0, 0.05) is 11.3 Å². The number of amides is 2. The minimum Gasteiger partial charge on any atom is -0.406 e. The third-order valence-corrected chi connectivity index (χ3v) is 4.05. The van der Waals surface area contributed by atoms with E-state index in [0.717, 1.165) is 12.1 Å². The maximum Gasteiger partial charge on any atom is 0.573 e. The number of halogens is 5. The molecule has 2 N–H and O–H groups in total. The fourth-order valence-corrected chi connectivity index (χ4v) is 2.60. The highest BCUT2D eigenvalue weighted by molar-refractivity contribution is 6.11. The molecule has 0 aliphatic heterocycles. The van der Waals surface area contributed by atoms with Gasteiger partial charge in [-0.25, -0.2) is 19.0 Å². The maximum atomic E-state index is 13.7. The Hall–Kier alpha value is -4.21. The molecule has 33 heavy (non-hydrogen) atoms. The van der Waals surface area contributed by atoms with Gasteiger partial charge in [-0.15, -0.1) is 13.2 Å². The molecule has 0 atom stereocenters. The largest absolute Gasteiger partial charge is 0.573 e. The summed E-state index contributed by atoms with van der Waals surface area (Å²) in [5, 5.41) is 6.38. The van der Waals surface area contributed by atoms with Crippen LogP contribution in [0.2, 0.25) is 0 Å². The van der Waals surface area contributed by atoms with Gasteiger partial charge in [0.2, 0.25) is 0 Å². The summed E-state index contributed by atoms with van der Waals surface area (Å²) >= 11 is 0. The van der Waals surface area contributed by atoms with Gasteiger partial charge in [0.25, 0.3) is 0 Å². The molecule has 0 radical (unpaired) electrons. The summed E-state index contributed by atoms with van der Waals surface area (Å²) in [7, 11) is 0. The van der Waals surface area contributed by atoms with Crippen LogP contribution in [-0.4, -0.2) is 18.1 Å². The summed E-state index contributed by atoms with van der Waals surface area (Å²) in [6.45, 7) is 0. The fourth-order valence-electron chi connectivity index (χ4n) is 2.60. The topological polar surface area (TPSA) is 62.7 Å². The van der Waals surface area contributed by atoms with Crippen LogP contribution in [0.15, 0.2) is 84.0 Å². The van der Waals surface area contributed by atoms with Gasteiger partial charge in [0.1, 0.15) is 17.4 Å². The molecule has 3 aromatic carbocycles. The van der Waals surface area contributed by atoms with Crippen molar-refractivity contribution < 1.29 is 31.5 Å². The highest BCUT2D eigenvalue weighted by atomic mass is 19.4. The number of anilines is 1. The molecule has 0 fully saturated rings. The molecule has 0 spiro atoms. The van der Waals surface area contributed by atoms with Crippen LogP contribution in [0.25, 0.3) is 6.08 Å². The van der Waals surface area contributed by atoms with E-state index in [-0.39, 0.29) is 11.4 Å². The monoisotopic (exact) mass is 461 g/mol. The average molecular weight is 461 g/mol. The summed E-state index contributed by atoms with van der Waals surface area (Å²) in [6.07, 6.45) is -1.72. The lowest BCUT2D eigenvalue weighted by atomic mass is 10.1. The van der Waals surface area contributed by atoms with E-state index < -0.39 is 29.8 Å². The Labute approximate surface area is 185 Å². The van der Waals surface area contributed by atoms with E-state index in [9.17, 15) is 26.7 Å². The van der Waals surface area contributed by atoms with Crippen molar-refractivity contribution in [1.29, 1.82) is 0 Å². The van der Waals surface area contributed by atoms with Gasteiger partial charge in [0.05, 0.1) is 5.71 Å². The van der Waals surface area contributed by atoms with Crippen LogP contribution in [-0.2, 0) is 0 Å². The zero-order valence-corrected chi connectivity index (χ0v) is 16.7. The number of allylic oxidation sites excluding steroid dienone is 1. The summed E-state index contributed by atoms with van der Waals surface area (Å²) in [5.41, 5.74) is 3.63. The number of benzene rings is 3. The summed E-state index contributed by atoms with van der Waals surface area (Å²) in [5.74, 6) is -1.35. The highest BCUT2D eigenvalue weighted by Gasteiger charge is 2.30. The lowest BCUT2D eigenvalue weighted by Gasteiger charge is -2.10. The quantitative estimate of drug-likeness (QED) is 0.265. The van der Waals surface area contributed by atoms with Crippen molar-refractivity contribution in [2.75, 3.05) is 5.32 Å². The van der Waals surface area contributed by atoms with Gasteiger partial charge in [-0.1, -0.05) is 30.3 Å². The number of urea groups is 1. The average Bonchev–Trinajstić information content (AvgIpc) is 2.75. The van der Waals surface area contributed by atoms with Crippen LogP contribution < -0.4 is 15.5 Å². The van der Waals surface area contributed by atoms with Crippen molar-refractivity contribution >= 4 is 23.5 Å². The fraction of sp³-hybridized carbons (Fsp3) is 0.0435. The number of hydrazone groups is 1. The van der Waals surface area contributed by atoms with Crippen molar-refractivity contribution in [1.82, 2.24) is 5.43 Å². The van der Waals surface area contributed by atoms with Crippen molar-refractivity contribution in [2.45, 2.75) is 6.36 Å². The molecule has 0 aliphatic rings. The molecule has 0 heterocycles. The maximum absolute atomic E-state index is 13.7. The molecule has 0 bridgehead atoms. The molecule has 3 aromatic rings. The van der Waals surface area contributed by atoms with Crippen LogP contribution in [0.1, 0.15) is 11.1 Å². The van der Waals surface area contributed by atoms with E-state index >= 15 is 0 Å². The van der Waals surface area contributed by atoms with Crippen molar-refractivity contribution in [3.05, 3.63) is 102 Å². The van der Waals surface area contributed by atoms with Crippen molar-refractivity contribution in [3.63, 3.8) is 0 Å². The van der Waals surface area contributed by atoms with E-state index in [4.69, 9.17) is 0 Å². The Kier molecular flexibility index (Phi) is 7.39. The van der Waals surface area contributed by atoms with Crippen molar-refractivity contribution in [3.8, 4) is 5.75 Å². The summed E-state index contributed by atoms with van der Waals surface area (Å²) in [4.78, 5) is 12.2. The van der Waals surface area contributed by atoms with Crippen LogP contribution in [0, 0.1) is 11.6 Å². The number of nitrogens with one attached hydrogen (secondary N) is 2. The molecule has 170 valence electrons. The lowest BCUT2D eigenvalue weighted by Crippen LogP contribution is -2.25. The first-order valence-electron chi connectivity index (χ1n) is 9.38. The molecular weight excluding hydrogens is 445 g/mol. The van der Waals surface area contributed by atoms with Gasteiger partial charge < -0.3 is 10.1 Å². The zero-order chi connectivity index (χ0) is 23.8. The van der Waals surface area contributed by atoms with E-state index in [2.05, 4.69) is 20.6 Å². The van der Waals surface area contributed by atoms with Crippen molar-refractivity contribution in [2.24, 2.45) is 5.10 Å². The standard InChI is InChI=1S/C23H16F5N3O2/c24-17-7-4-15(5-8-17)6-13-21(16-2-1-3-18(25)14-16)30-31-22(32)29-19-9-11-20(12-10-19)33-23(26,27)28/h1-14H,(H2,29,31,32). The number of rotatable bonds is 6. The first kappa shape index (κ1) is 23.5. The number of carbonyl (C=O) groups excluding carboxylic acids is 1. The Balaban J connectivity index is 1.72. The van der Waals surface area contributed by atoms with Crippen LogP contribution in [0.3, 0.4) is 0 Å². The Bertz CT molecular complexity index is 1160. The van der Waals surface area contributed by atoms with E-state index in [1.54, 1.807) is 12.1 Å². The predicted octanol–water partition coefficient (Wildman–Crippen LogP) is 6.10. The van der Waals surface area contributed by atoms with Crippen LogP contribution >= 0.6 is 0 Å². The predicted molar refractivity (Wildman–Crippen MR) is 114 cm³/mol. The first-order chi connectivity index (χ1) is 15.7. The summed E-state index contributed by atoms with van der Waals surface area (Å²) < 4.78 is 67.2. The molecule has 0 unspecified atom stereocenters. The molecule has 5 nitrogen and oxygen atoms in total. The number of nitrogens with zero attached hydrogens (tertiary/aromatic N) is 1. The van der Waals surface area contributed by atoms with E-state index in [1.165, 1.54) is 60.7 Å². The molecule has 10 heteroatoms. The third-order valence-electron chi connectivity index (χ3n) is 4.05.